The second kappa shape index (κ2) is 8.67. The molecule has 0 saturated carbocycles. The van der Waals surface area contributed by atoms with E-state index in [9.17, 15) is 4.79 Å². The van der Waals surface area contributed by atoms with Crippen LogP contribution >= 0.6 is 0 Å². The van der Waals surface area contributed by atoms with E-state index in [2.05, 4.69) is 13.8 Å². The van der Waals surface area contributed by atoms with Crippen LogP contribution in [0.5, 0.6) is 11.5 Å². The summed E-state index contributed by atoms with van der Waals surface area (Å²) in [7, 11) is 3.13. The molecule has 0 bridgehead atoms. The van der Waals surface area contributed by atoms with Crippen molar-refractivity contribution in [3.8, 4) is 11.5 Å². The number of carbonyl (C=O) groups excluding carboxylic acids is 1. The molecule has 0 aliphatic rings. The highest BCUT2D eigenvalue weighted by atomic mass is 16.5. The van der Waals surface area contributed by atoms with Crippen LogP contribution in [0.1, 0.15) is 43.5 Å². The van der Waals surface area contributed by atoms with Crippen LogP contribution in [0.15, 0.2) is 18.2 Å². The maximum Gasteiger partial charge on any atom is 0.170 e. The average Bonchev–Trinajstić information content (AvgIpc) is 2.49. The second-order valence-corrected chi connectivity index (χ2v) is 5.58. The smallest absolute Gasteiger partial charge is 0.170 e. The summed E-state index contributed by atoms with van der Waals surface area (Å²) in [5, 5.41) is 0. The minimum atomic E-state index is 0.0620. The molecule has 0 aromatic heterocycles. The van der Waals surface area contributed by atoms with E-state index in [0.29, 0.717) is 41.9 Å². The van der Waals surface area contributed by atoms with Gasteiger partial charge < -0.3 is 15.2 Å². The van der Waals surface area contributed by atoms with Crippen molar-refractivity contribution >= 4 is 5.78 Å². The Bertz CT molecular complexity index is 435. The molecule has 0 aliphatic carbocycles. The molecule has 0 heterocycles. The summed E-state index contributed by atoms with van der Waals surface area (Å²) in [5.41, 5.74) is 6.19. The van der Waals surface area contributed by atoms with Gasteiger partial charge in [0.15, 0.2) is 5.78 Å². The molecule has 0 saturated heterocycles. The summed E-state index contributed by atoms with van der Waals surface area (Å²) in [5.74, 6) is 2.20. The number of Topliss-reactive ketones (excluding diaryl/α,β-unsaturated/α-hetero) is 1. The van der Waals surface area contributed by atoms with Gasteiger partial charge in [-0.15, -0.1) is 0 Å². The van der Waals surface area contributed by atoms with E-state index in [-0.39, 0.29) is 5.78 Å². The fourth-order valence-corrected chi connectivity index (χ4v) is 2.59. The number of methoxy groups -OCH3 is 2. The predicted octanol–water partition coefficient (Wildman–Crippen LogP) is 3.29. The minimum absolute atomic E-state index is 0.0620. The standard InChI is InChI=1S/C17H27NO3/c1-12(2)13(10-11-18)8-9-14(19)17-15(20-3)6-5-7-16(17)21-4/h5-7,12-13H,8-11,18H2,1-4H3. The van der Waals surface area contributed by atoms with Crippen LogP contribution in [-0.4, -0.2) is 26.5 Å². The van der Waals surface area contributed by atoms with Crippen molar-refractivity contribution in [1.82, 2.24) is 0 Å². The van der Waals surface area contributed by atoms with Crippen LogP contribution in [0.2, 0.25) is 0 Å². The second-order valence-electron chi connectivity index (χ2n) is 5.58. The van der Waals surface area contributed by atoms with E-state index in [0.717, 1.165) is 12.8 Å². The summed E-state index contributed by atoms with van der Waals surface area (Å²) < 4.78 is 10.6. The maximum atomic E-state index is 12.5. The topological polar surface area (TPSA) is 61.5 Å². The fraction of sp³-hybridized carbons (Fsp3) is 0.588. The van der Waals surface area contributed by atoms with Crippen molar-refractivity contribution in [2.24, 2.45) is 17.6 Å². The molecular formula is C17H27NO3. The lowest BCUT2D eigenvalue weighted by atomic mass is 9.87. The first-order valence-corrected chi connectivity index (χ1v) is 7.49. The lowest BCUT2D eigenvalue weighted by molar-refractivity contribution is 0.0963. The molecule has 2 N–H and O–H groups in total. The third kappa shape index (κ3) is 4.74. The number of hydrogen-bond donors (Lipinski definition) is 1. The van der Waals surface area contributed by atoms with E-state index in [4.69, 9.17) is 15.2 Å². The van der Waals surface area contributed by atoms with Gasteiger partial charge in [0.25, 0.3) is 0 Å². The molecule has 0 aliphatic heterocycles. The Morgan fingerprint density at radius 1 is 1.14 bits per heavy atom. The number of hydrogen-bond acceptors (Lipinski definition) is 4. The van der Waals surface area contributed by atoms with Gasteiger partial charge in [-0.1, -0.05) is 19.9 Å². The number of ketones is 1. The lowest BCUT2D eigenvalue weighted by Crippen LogP contribution is -2.16. The number of benzene rings is 1. The van der Waals surface area contributed by atoms with E-state index in [1.807, 2.05) is 6.07 Å². The molecule has 1 aromatic rings. The van der Waals surface area contributed by atoms with Crippen molar-refractivity contribution in [2.45, 2.75) is 33.1 Å². The van der Waals surface area contributed by atoms with Crippen molar-refractivity contribution in [3.63, 3.8) is 0 Å². The molecule has 0 fully saturated rings. The van der Waals surface area contributed by atoms with Crippen LogP contribution in [0.4, 0.5) is 0 Å². The Morgan fingerprint density at radius 2 is 1.71 bits per heavy atom. The summed E-state index contributed by atoms with van der Waals surface area (Å²) in [6.07, 6.45) is 2.28. The number of carbonyl (C=O) groups is 1. The Hall–Kier alpha value is -1.55. The van der Waals surface area contributed by atoms with Gasteiger partial charge in [0.1, 0.15) is 17.1 Å². The fourth-order valence-electron chi connectivity index (χ4n) is 2.59. The summed E-state index contributed by atoms with van der Waals surface area (Å²) >= 11 is 0. The average molecular weight is 293 g/mol. The van der Waals surface area contributed by atoms with Gasteiger partial charge in [0.2, 0.25) is 0 Å². The van der Waals surface area contributed by atoms with Gasteiger partial charge in [0, 0.05) is 6.42 Å². The van der Waals surface area contributed by atoms with E-state index in [1.54, 1.807) is 26.4 Å². The first-order valence-electron chi connectivity index (χ1n) is 7.49. The van der Waals surface area contributed by atoms with Crippen molar-refractivity contribution in [3.05, 3.63) is 23.8 Å². The van der Waals surface area contributed by atoms with E-state index in [1.165, 1.54) is 0 Å². The summed E-state index contributed by atoms with van der Waals surface area (Å²) in [4.78, 5) is 12.5. The molecule has 118 valence electrons. The normalized spacial score (nSPS) is 12.3. The molecule has 1 unspecified atom stereocenters. The van der Waals surface area contributed by atoms with Gasteiger partial charge in [-0.2, -0.15) is 0 Å². The highest BCUT2D eigenvalue weighted by Gasteiger charge is 2.20. The van der Waals surface area contributed by atoms with E-state index < -0.39 is 0 Å². The van der Waals surface area contributed by atoms with Gasteiger partial charge in [0.05, 0.1) is 14.2 Å². The van der Waals surface area contributed by atoms with Gasteiger partial charge >= 0.3 is 0 Å². The molecule has 0 amide bonds. The Balaban J connectivity index is 2.84. The van der Waals surface area contributed by atoms with Crippen molar-refractivity contribution in [1.29, 1.82) is 0 Å². The van der Waals surface area contributed by atoms with Crippen LogP contribution in [-0.2, 0) is 0 Å². The Kier molecular flexibility index (Phi) is 7.23. The molecule has 4 heteroatoms. The zero-order chi connectivity index (χ0) is 15.8. The molecule has 21 heavy (non-hydrogen) atoms. The highest BCUT2D eigenvalue weighted by Crippen LogP contribution is 2.31. The summed E-state index contributed by atoms with van der Waals surface area (Å²) in [6, 6.07) is 5.39. The predicted molar refractivity (Wildman–Crippen MR) is 85.1 cm³/mol. The summed E-state index contributed by atoms with van der Waals surface area (Å²) in [6.45, 7) is 5.01. The van der Waals surface area contributed by atoms with Crippen molar-refractivity contribution < 1.29 is 14.3 Å². The third-order valence-corrected chi connectivity index (χ3v) is 3.93. The monoisotopic (exact) mass is 293 g/mol. The number of nitrogens with two attached hydrogens (primary N) is 1. The number of rotatable bonds is 9. The first-order chi connectivity index (χ1) is 10.0. The molecule has 1 rings (SSSR count). The largest absolute Gasteiger partial charge is 0.496 e. The number of ether oxygens (including phenoxy) is 2. The Labute approximate surface area is 127 Å². The van der Waals surface area contributed by atoms with Gasteiger partial charge in [-0.3, -0.25) is 4.79 Å². The molecule has 0 radical (unpaired) electrons. The lowest BCUT2D eigenvalue weighted by Gasteiger charge is -2.20. The molecule has 1 atom stereocenters. The molecule has 4 nitrogen and oxygen atoms in total. The van der Waals surface area contributed by atoms with Crippen LogP contribution in [0, 0.1) is 11.8 Å². The Morgan fingerprint density at radius 3 is 2.14 bits per heavy atom. The zero-order valence-electron chi connectivity index (χ0n) is 13.5. The van der Waals surface area contributed by atoms with Gasteiger partial charge in [-0.05, 0) is 43.4 Å². The molecule has 1 aromatic carbocycles. The van der Waals surface area contributed by atoms with Gasteiger partial charge in [-0.25, -0.2) is 0 Å². The van der Waals surface area contributed by atoms with E-state index >= 15 is 0 Å². The van der Waals surface area contributed by atoms with Crippen LogP contribution in [0.3, 0.4) is 0 Å². The molecular weight excluding hydrogens is 266 g/mol. The minimum Gasteiger partial charge on any atom is -0.496 e. The van der Waals surface area contributed by atoms with Crippen LogP contribution < -0.4 is 15.2 Å². The van der Waals surface area contributed by atoms with Crippen LogP contribution in [0.25, 0.3) is 0 Å². The maximum absolute atomic E-state index is 12.5. The highest BCUT2D eigenvalue weighted by molar-refractivity contribution is 6.01. The SMILES string of the molecule is COc1cccc(OC)c1C(=O)CCC(CCN)C(C)C. The zero-order valence-corrected chi connectivity index (χ0v) is 13.5. The first kappa shape index (κ1) is 17.5. The third-order valence-electron chi connectivity index (χ3n) is 3.93. The quantitative estimate of drug-likeness (QED) is 0.710. The van der Waals surface area contributed by atoms with Crippen molar-refractivity contribution in [2.75, 3.05) is 20.8 Å². The molecule has 0 spiro atoms.